The summed E-state index contributed by atoms with van der Waals surface area (Å²) in [5, 5.41) is 11.1. The Hall–Kier alpha value is -4.24. The first-order valence-electron chi connectivity index (χ1n) is 14.0. The van der Waals surface area contributed by atoms with Crippen molar-refractivity contribution in [3.05, 3.63) is 94.8 Å². The van der Waals surface area contributed by atoms with Crippen molar-refractivity contribution < 1.29 is 4.79 Å². The van der Waals surface area contributed by atoms with Gasteiger partial charge < -0.3 is 16.0 Å². The minimum Gasteiger partial charge on any atom is -0.366 e. The van der Waals surface area contributed by atoms with Crippen molar-refractivity contribution >= 4 is 23.5 Å². The molecule has 1 aliphatic carbocycles. The molecule has 0 unspecified atom stereocenters. The summed E-state index contributed by atoms with van der Waals surface area (Å²) in [5.74, 6) is 2.48. The molecule has 40 heavy (non-hydrogen) atoms. The molecular weight excluding hydrogens is 500 g/mol. The fourth-order valence-corrected chi connectivity index (χ4v) is 5.41. The zero-order chi connectivity index (χ0) is 27.6. The number of amides is 1. The third-order valence-electron chi connectivity index (χ3n) is 7.86. The predicted molar refractivity (Wildman–Crippen MR) is 157 cm³/mol. The van der Waals surface area contributed by atoms with E-state index >= 15 is 0 Å². The van der Waals surface area contributed by atoms with Crippen LogP contribution in [-0.2, 0) is 13.0 Å². The molecule has 2 fully saturated rings. The van der Waals surface area contributed by atoms with E-state index in [9.17, 15) is 4.79 Å². The highest BCUT2D eigenvalue weighted by atomic mass is 16.1. The molecule has 6 rings (SSSR count). The number of carbonyl (C=O) groups is 1. The predicted octanol–water partition coefficient (Wildman–Crippen LogP) is 4.61. The van der Waals surface area contributed by atoms with Gasteiger partial charge in [-0.15, -0.1) is 0 Å². The van der Waals surface area contributed by atoms with E-state index in [-0.39, 0.29) is 12.1 Å². The van der Waals surface area contributed by atoms with Crippen LogP contribution in [0.2, 0.25) is 0 Å². The number of nitrogens with one attached hydrogen (secondary N) is 2. The lowest BCUT2D eigenvalue weighted by Crippen LogP contribution is -2.56. The number of benzene rings is 2. The van der Waals surface area contributed by atoms with E-state index in [1.807, 2.05) is 24.3 Å². The summed E-state index contributed by atoms with van der Waals surface area (Å²) in [6.45, 7) is 6.96. The molecule has 1 aliphatic heterocycles. The Bertz CT molecular complexity index is 1460. The third-order valence-corrected chi connectivity index (χ3v) is 7.86. The maximum absolute atomic E-state index is 11.4. The number of primary amides is 1. The first kappa shape index (κ1) is 26.0. The lowest BCUT2D eigenvalue weighted by molar-refractivity contribution is 0.1000. The zero-order valence-electron chi connectivity index (χ0n) is 23.0. The maximum Gasteiger partial charge on any atom is 0.248 e. The molecule has 4 aromatic rings. The van der Waals surface area contributed by atoms with Crippen molar-refractivity contribution in [1.82, 2.24) is 25.1 Å². The van der Waals surface area contributed by atoms with Gasteiger partial charge in [0.15, 0.2) is 5.82 Å². The SMILES string of the molecule is C[C@H]1CN(c2nc(Cc3ccccc3)cc(Nc3cc(C4CC4)[nH]n3)n2)[C@@H](C)CN1Cc1ccc(C(N)=O)cc1. The monoisotopic (exact) mass is 536 g/mol. The van der Waals surface area contributed by atoms with Gasteiger partial charge in [0.05, 0.1) is 5.69 Å². The summed E-state index contributed by atoms with van der Waals surface area (Å²) in [6.07, 6.45) is 3.17. The highest BCUT2D eigenvalue weighted by molar-refractivity contribution is 5.92. The van der Waals surface area contributed by atoms with Crippen molar-refractivity contribution in [2.24, 2.45) is 5.73 Å². The number of carbonyl (C=O) groups excluding carboxylic acids is 1. The fraction of sp³-hybridized carbons (Fsp3) is 0.355. The Morgan fingerprint density at radius 2 is 1.73 bits per heavy atom. The van der Waals surface area contributed by atoms with Gasteiger partial charge in [-0.3, -0.25) is 14.8 Å². The molecule has 0 spiro atoms. The second-order valence-corrected chi connectivity index (χ2v) is 11.2. The molecule has 2 atom stereocenters. The number of hydrogen-bond acceptors (Lipinski definition) is 7. The Kier molecular flexibility index (Phi) is 7.21. The van der Waals surface area contributed by atoms with Crippen molar-refractivity contribution in [3.63, 3.8) is 0 Å². The van der Waals surface area contributed by atoms with E-state index in [0.29, 0.717) is 11.5 Å². The molecule has 9 nitrogen and oxygen atoms in total. The van der Waals surface area contributed by atoms with Gasteiger partial charge in [0.1, 0.15) is 5.82 Å². The van der Waals surface area contributed by atoms with Crippen LogP contribution in [0.1, 0.15) is 65.5 Å². The van der Waals surface area contributed by atoms with Crippen molar-refractivity contribution in [2.75, 3.05) is 23.3 Å². The van der Waals surface area contributed by atoms with E-state index in [1.54, 1.807) is 12.1 Å². The molecule has 2 aromatic carbocycles. The highest BCUT2D eigenvalue weighted by Gasteiger charge is 2.31. The van der Waals surface area contributed by atoms with Gasteiger partial charge in [-0.25, -0.2) is 4.98 Å². The maximum atomic E-state index is 11.4. The molecule has 1 saturated carbocycles. The van der Waals surface area contributed by atoms with Gasteiger partial charge in [0, 0.05) is 67.4 Å². The number of H-pyrrole nitrogens is 1. The van der Waals surface area contributed by atoms with Gasteiger partial charge in [-0.1, -0.05) is 42.5 Å². The second-order valence-electron chi connectivity index (χ2n) is 11.2. The number of aromatic nitrogens is 4. The number of hydrogen-bond donors (Lipinski definition) is 3. The van der Waals surface area contributed by atoms with Crippen LogP contribution in [-0.4, -0.2) is 56.1 Å². The topological polar surface area (TPSA) is 116 Å². The Morgan fingerprint density at radius 1 is 0.950 bits per heavy atom. The van der Waals surface area contributed by atoms with Crippen LogP contribution >= 0.6 is 0 Å². The minimum absolute atomic E-state index is 0.216. The summed E-state index contributed by atoms with van der Waals surface area (Å²) in [7, 11) is 0. The Morgan fingerprint density at radius 3 is 2.45 bits per heavy atom. The molecule has 0 bridgehead atoms. The van der Waals surface area contributed by atoms with Crippen LogP contribution < -0.4 is 16.0 Å². The number of piperazine rings is 1. The van der Waals surface area contributed by atoms with Crippen LogP contribution in [0.3, 0.4) is 0 Å². The molecule has 2 aliphatic rings. The van der Waals surface area contributed by atoms with E-state index in [0.717, 1.165) is 54.9 Å². The summed E-state index contributed by atoms with van der Waals surface area (Å²) in [5.41, 5.74) is 10.5. The molecule has 206 valence electrons. The average Bonchev–Trinajstić information content (AvgIpc) is 3.70. The molecule has 1 amide bonds. The van der Waals surface area contributed by atoms with Crippen LogP contribution in [0.5, 0.6) is 0 Å². The fourth-order valence-electron chi connectivity index (χ4n) is 5.41. The van der Waals surface area contributed by atoms with E-state index < -0.39 is 5.91 Å². The number of anilines is 3. The van der Waals surface area contributed by atoms with E-state index in [1.165, 1.54) is 24.1 Å². The summed E-state index contributed by atoms with van der Waals surface area (Å²) >= 11 is 0. The van der Waals surface area contributed by atoms with Gasteiger partial charge in [0.2, 0.25) is 11.9 Å². The molecule has 3 heterocycles. The van der Waals surface area contributed by atoms with Crippen molar-refractivity contribution in [3.8, 4) is 0 Å². The number of rotatable bonds is 9. The van der Waals surface area contributed by atoms with Gasteiger partial charge in [-0.2, -0.15) is 10.1 Å². The zero-order valence-corrected chi connectivity index (χ0v) is 23.0. The third kappa shape index (κ3) is 5.99. The van der Waals surface area contributed by atoms with Crippen molar-refractivity contribution in [2.45, 2.75) is 57.7 Å². The average molecular weight is 537 g/mol. The molecule has 2 aromatic heterocycles. The largest absolute Gasteiger partial charge is 0.366 e. The van der Waals surface area contributed by atoms with Crippen molar-refractivity contribution in [1.29, 1.82) is 0 Å². The first-order chi connectivity index (χ1) is 19.4. The summed E-state index contributed by atoms with van der Waals surface area (Å²) < 4.78 is 0. The summed E-state index contributed by atoms with van der Waals surface area (Å²) in [4.78, 5) is 26.2. The van der Waals surface area contributed by atoms with E-state index in [4.69, 9.17) is 15.7 Å². The smallest absolute Gasteiger partial charge is 0.248 e. The highest BCUT2D eigenvalue weighted by Crippen LogP contribution is 2.39. The molecule has 9 heteroatoms. The molecule has 0 radical (unpaired) electrons. The molecule has 1 saturated heterocycles. The normalized spacial score (nSPS) is 19.5. The Labute approximate surface area is 234 Å². The molecular formula is C31H36N8O. The van der Waals surface area contributed by atoms with Crippen LogP contribution in [0.25, 0.3) is 0 Å². The van der Waals surface area contributed by atoms with Crippen LogP contribution in [0.15, 0.2) is 66.7 Å². The number of nitrogens with two attached hydrogens (primary N) is 1. The van der Waals surface area contributed by atoms with Crippen LogP contribution in [0.4, 0.5) is 17.6 Å². The Balaban J connectivity index is 1.22. The lowest BCUT2D eigenvalue weighted by atomic mass is 10.1. The number of aromatic amines is 1. The van der Waals surface area contributed by atoms with E-state index in [2.05, 4.69) is 69.5 Å². The standard InChI is InChI=1S/C31H36N8O/c1-20-18-39(21(2)17-38(20)19-23-8-10-25(11-9-23)30(32)40)31-33-26(14-22-6-4-3-5-7-22)15-28(35-31)34-29-16-27(36-37-29)24-12-13-24/h3-11,15-16,20-21,24H,12-14,17-19H2,1-2H3,(H2,32,40)(H2,33,34,35,36,37)/t20-,21-/m0/s1. The van der Waals surface area contributed by atoms with Crippen LogP contribution in [0, 0.1) is 0 Å². The quantitative estimate of drug-likeness (QED) is 0.286. The van der Waals surface area contributed by atoms with Gasteiger partial charge >= 0.3 is 0 Å². The number of nitrogens with zero attached hydrogens (tertiary/aromatic N) is 5. The minimum atomic E-state index is -0.402. The summed E-state index contributed by atoms with van der Waals surface area (Å²) in [6, 6.07) is 22.6. The lowest BCUT2D eigenvalue weighted by Gasteiger charge is -2.44. The van der Waals surface area contributed by atoms with Gasteiger partial charge in [-0.05, 0) is 49.9 Å². The van der Waals surface area contributed by atoms with Gasteiger partial charge in [0.25, 0.3) is 0 Å². The second kappa shape index (κ2) is 11.1. The molecule has 4 N–H and O–H groups in total. The first-order valence-corrected chi connectivity index (χ1v) is 14.0.